The van der Waals surface area contributed by atoms with Gasteiger partial charge in [0.1, 0.15) is 11.3 Å². The first kappa shape index (κ1) is 22.4. The zero-order chi connectivity index (χ0) is 25.1. The van der Waals surface area contributed by atoms with Gasteiger partial charge in [-0.25, -0.2) is 4.79 Å². The molecule has 0 saturated carbocycles. The van der Waals surface area contributed by atoms with Crippen LogP contribution in [0.4, 0.5) is 0 Å². The first-order chi connectivity index (χ1) is 18.1. The number of esters is 1. The molecule has 2 aliphatic rings. The Balaban J connectivity index is 1.39. The van der Waals surface area contributed by atoms with Crippen LogP contribution in [-0.4, -0.2) is 47.3 Å². The third kappa shape index (κ3) is 3.54. The molecular formula is C29H25N3O4S. The second-order valence-corrected chi connectivity index (χ2v) is 10.5. The maximum atomic E-state index is 13.2. The van der Waals surface area contributed by atoms with Crippen molar-refractivity contribution in [3.63, 3.8) is 0 Å². The SMILES string of the molecule is COc1cc2c3c(c4ccc(OC(=O)c5cccc6nnsc56)cc4c2cc1OC)CN1CCC[C@@H]1C3. The van der Waals surface area contributed by atoms with E-state index in [1.165, 1.54) is 46.3 Å². The number of ether oxygens (including phenoxy) is 3. The van der Waals surface area contributed by atoms with Gasteiger partial charge in [-0.05, 0) is 106 Å². The Labute approximate surface area is 217 Å². The summed E-state index contributed by atoms with van der Waals surface area (Å²) in [6, 6.07) is 16.1. The van der Waals surface area contributed by atoms with E-state index < -0.39 is 5.97 Å². The molecule has 0 amide bonds. The van der Waals surface area contributed by atoms with Gasteiger partial charge in [0.25, 0.3) is 0 Å². The molecule has 3 heterocycles. The van der Waals surface area contributed by atoms with Gasteiger partial charge >= 0.3 is 5.97 Å². The average Bonchev–Trinajstić information content (AvgIpc) is 3.60. The van der Waals surface area contributed by atoms with Crippen LogP contribution in [0, 0.1) is 0 Å². The van der Waals surface area contributed by atoms with Crippen LogP contribution in [-0.2, 0) is 13.0 Å². The van der Waals surface area contributed by atoms with Crippen LogP contribution in [0.25, 0.3) is 31.8 Å². The van der Waals surface area contributed by atoms with E-state index in [4.69, 9.17) is 14.2 Å². The number of hydrogen-bond acceptors (Lipinski definition) is 8. The summed E-state index contributed by atoms with van der Waals surface area (Å²) in [6.07, 6.45) is 3.51. The zero-order valence-electron chi connectivity index (χ0n) is 20.6. The lowest BCUT2D eigenvalue weighted by atomic mass is 9.85. The Morgan fingerprint density at radius 1 is 0.973 bits per heavy atom. The summed E-state index contributed by atoms with van der Waals surface area (Å²) in [5.41, 5.74) is 3.90. The maximum absolute atomic E-state index is 13.2. The summed E-state index contributed by atoms with van der Waals surface area (Å²) < 4.78 is 21.9. The molecule has 1 saturated heterocycles. The average molecular weight is 512 g/mol. The first-order valence-electron chi connectivity index (χ1n) is 12.4. The smallest absolute Gasteiger partial charge is 0.345 e. The lowest BCUT2D eigenvalue weighted by Crippen LogP contribution is -2.35. The molecule has 7 rings (SSSR count). The van der Waals surface area contributed by atoms with Crippen molar-refractivity contribution in [2.24, 2.45) is 0 Å². The lowest BCUT2D eigenvalue weighted by molar-refractivity contribution is 0.0737. The van der Waals surface area contributed by atoms with Crippen LogP contribution >= 0.6 is 11.5 Å². The molecule has 186 valence electrons. The lowest BCUT2D eigenvalue weighted by Gasteiger charge is -2.33. The topological polar surface area (TPSA) is 73.8 Å². The molecule has 0 spiro atoms. The summed E-state index contributed by atoms with van der Waals surface area (Å²) >= 11 is 1.20. The molecule has 8 heteroatoms. The van der Waals surface area contributed by atoms with Gasteiger partial charge in [0.05, 0.1) is 24.5 Å². The quantitative estimate of drug-likeness (QED) is 0.173. The fourth-order valence-corrected chi connectivity index (χ4v) is 6.73. The Kier molecular flexibility index (Phi) is 5.26. The summed E-state index contributed by atoms with van der Waals surface area (Å²) in [5, 5.41) is 8.55. The van der Waals surface area contributed by atoms with Gasteiger partial charge in [-0.3, -0.25) is 4.90 Å². The van der Waals surface area contributed by atoms with Gasteiger partial charge in [-0.1, -0.05) is 16.6 Å². The van der Waals surface area contributed by atoms with Gasteiger partial charge in [-0.15, -0.1) is 5.10 Å². The van der Waals surface area contributed by atoms with Gasteiger partial charge in [0.2, 0.25) is 0 Å². The van der Waals surface area contributed by atoms with E-state index in [1.807, 2.05) is 24.3 Å². The van der Waals surface area contributed by atoms with Gasteiger partial charge in [0.15, 0.2) is 11.5 Å². The number of rotatable bonds is 4. The molecule has 1 atom stereocenters. The summed E-state index contributed by atoms with van der Waals surface area (Å²) in [6.45, 7) is 2.07. The van der Waals surface area contributed by atoms with Crippen molar-refractivity contribution >= 4 is 49.3 Å². The summed E-state index contributed by atoms with van der Waals surface area (Å²) in [5.74, 6) is 1.48. The van der Waals surface area contributed by atoms with Crippen molar-refractivity contribution in [1.29, 1.82) is 0 Å². The largest absolute Gasteiger partial charge is 0.493 e. The molecular weight excluding hydrogens is 486 g/mol. The van der Waals surface area contributed by atoms with E-state index in [9.17, 15) is 4.79 Å². The van der Waals surface area contributed by atoms with Crippen molar-refractivity contribution in [3.05, 3.63) is 65.2 Å². The zero-order valence-corrected chi connectivity index (χ0v) is 21.4. The summed E-state index contributed by atoms with van der Waals surface area (Å²) in [4.78, 5) is 15.8. The highest BCUT2D eigenvalue weighted by molar-refractivity contribution is 7.13. The third-order valence-electron chi connectivity index (χ3n) is 7.82. The van der Waals surface area contributed by atoms with Crippen LogP contribution in [0.3, 0.4) is 0 Å². The van der Waals surface area contributed by atoms with Crippen LogP contribution in [0.5, 0.6) is 17.2 Å². The summed E-state index contributed by atoms with van der Waals surface area (Å²) in [7, 11) is 3.33. The van der Waals surface area contributed by atoms with Crippen molar-refractivity contribution < 1.29 is 19.0 Å². The molecule has 0 N–H and O–H groups in total. The highest BCUT2D eigenvalue weighted by atomic mass is 32.1. The van der Waals surface area contributed by atoms with Gasteiger partial charge in [0, 0.05) is 12.6 Å². The molecule has 1 aromatic heterocycles. The Hall–Kier alpha value is -3.75. The third-order valence-corrected chi connectivity index (χ3v) is 8.60. The number of benzene rings is 4. The number of carbonyl (C=O) groups is 1. The van der Waals surface area contributed by atoms with E-state index in [1.54, 1.807) is 26.4 Å². The normalized spacial score (nSPS) is 17.2. The monoisotopic (exact) mass is 511 g/mol. The van der Waals surface area contributed by atoms with E-state index in [-0.39, 0.29) is 0 Å². The molecule has 7 nitrogen and oxygen atoms in total. The van der Waals surface area contributed by atoms with Gasteiger partial charge in [-0.2, -0.15) is 0 Å². The number of fused-ring (bicyclic) bond motifs is 8. The van der Waals surface area contributed by atoms with E-state index >= 15 is 0 Å². The maximum Gasteiger partial charge on any atom is 0.345 e. The Morgan fingerprint density at radius 2 is 1.78 bits per heavy atom. The minimum absolute atomic E-state index is 0.419. The van der Waals surface area contributed by atoms with E-state index in [0.717, 1.165) is 40.7 Å². The van der Waals surface area contributed by atoms with Crippen molar-refractivity contribution in [2.45, 2.75) is 31.8 Å². The predicted octanol–water partition coefficient (Wildman–Crippen LogP) is 5.75. The van der Waals surface area contributed by atoms with E-state index in [0.29, 0.717) is 28.6 Å². The van der Waals surface area contributed by atoms with Crippen LogP contribution < -0.4 is 14.2 Å². The van der Waals surface area contributed by atoms with Crippen LogP contribution in [0.1, 0.15) is 34.3 Å². The second kappa shape index (κ2) is 8.68. The minimum atomic E-state index is -0.419. The standard InChI is InChI=1S/C29H25N3O4S/c1-34-26-13-22-20-11-16-5-4-10-32(16)15-24(20)18-9-8-17(12-21(18)23(22)14-27(26)35-2)36-29(33)19-6-3-7-25-28(19)37-31-30-25/h3,6-9,12-14,16H,4-5,10-11,15H2,1-2H3/t16-/m1/s1. The second-order valence-electron chi connectivity index (χ2n) is 9.70. The predicted molar refractivity (Wildman–Crippen MR) is 144 cm³/mol. The van der Waals surface area contributed by atoms with Crippen molar-refractivity contribution in [1.82, 2.24) is 14.5 Å². The highest BCUT2D eigenvalue weighted by Crippen LogP contribution is 2.44. The fourth-order valence-electron chi connectivity index (χ4n) is 6.06. The van der Waals surface area contributed by atoms with Crippen molar-refractivity contribution in [3.8, 4) is 17.2 Å². The molecule has 0 radical (unpaired) electrons. The Bertz CT molecular complexity index is 1710. The molecule has 4 aromatic carbocycles. The Morgan fingerprint density at radius 3 is 2.62 bits per heavy atom. The molecule has 0 aliphatic carbocycles. The van der Waals surface area contributed by atoms with Crippen LogP contribution in [0.2, 0.25) is 0 Å². The molecule has 2 aliphatic heterocycles. The number of hydrogen-bond donors (Lipinski definition) is 0. The molecule has 1 fully saturated rings. The van der Waals surface area contributed by atoms with Gasteiger partial charge < -0.3 is 14.2 Å². The first-order valence-corrected chi connectivity index (χ1v) is 13.2. The molecule has 37 heavy (non-hydrogen) atoms. The minimum Gasteiger partial charge on any atom is -0.493 e. The number of nitrogens with zero attached hydrogens (tertiary/aromatic N) is 3. The number of aromatic nitrogens is 2. The van der Waals surface area contributed by atoms with E-state index in [2.05, 4.69) is 26.6 Å². The number of carbonyl (C=O) groups excluding carboxylic acids is 1. The molecule has 0 unspecified atom stereocenters. The fraction of sp³-hybridized carbons (Fsp3) is 0.276. The molecule has 5 aromatic rings. The van der Waals surface area contributed by atoms with Crippen molar-refractivity contribution in [2.75, 3.05) is 20.8 Å². The number of methoxy groups -OCH3 is 2. The van der Waals surface area contributed by atoms with Crippen LogP contribution in [0.15, 0.2) is 48.5 Å². The molecule has 0 bridgehead atoms. The highest BCUT2D eigenvalue weighted by Gasteiger charge is 2.32.